The molecule has 1 rings (SSSR count). The highest BCUT2D eigenvalue weighted by Gasteiger charge is 2.11. The van der Waals surface area contributed by atoms with Crippen molar-refractivity contribution in [3.05, 3.63) is 12.0 Å². The van der Waals surface area contributed by atoms with E-state index in [1.54, 1.807) is 11.9 Å². The maximum Gasteiger partial charge on any atom is 0.224 e. The fraction of sp³-hybridized carbons (Fsp3) is 0.600. The Balaban J connectivity index is 2.91. The molecule has 0 aromatic carbocycles. The van der Waals surface area contributed by atoms with Crippen molar-refractivity contribution in [2.24, 2.45) is 5.92 Å². The van der Waals surface area contributed by atoms with Gasteiger partial charge in [0.05, 0.1) is 6.20 Å². The fourth-order valence-corrected chi connectivity index (χ4v) is 1.38. The lowest BCUT2D eigenvalue weighted by Gasteiger charge is -2.20. The summed E-state index contributed by atoms with van der Waals surface area (Å²) in [6, 6.07) is 0. The summed E-state index contributed by atoms with van der Waals surface area (Å²) in [7, 11) is 3.53. The van der Waals surface area contributed by atoms with Crippen LogP contribution in [0.1, 0.15) is 13.8 Å². The summed E-state index contributed by atoms with van der Waals surface area (Å²) < 4.78 is 13.4. The van der Waals surface area contributed by atoms with Crippen molar-refractivity contribution in [1.29, 1.82) is 0 Å². The lowest BCUT2D eigenvalue weighted by molar-refractivity contribution is 0.586. The van der Waals surface area contributed by atoms with E-state index in [1.165, 1.54) is 6.20 Å². The van der Waals surface area contributed by atoms with Crippen LogP contribution in [0, 0.1) is 11.7 Å². The van der Waals surface area contributed by atoms with E-state index >= 15 is 0 Å². The molecule has 0 fully saturated rings. The molecule has 0 unspecified atom stereocenters. The second kappa shape index (κ2) is 4.91. The SMILES string of the molecule is CNc1ncc(F)c(N(C)CC(C)C)n1. The number of halogens is 1. The van der Waals surface area contributed by atoms with Crippen molar-refractivity contribution >= 4 is 11.8 Å². The van der Waals surface area contributed by atoms with Gasteiger partial charge in [0.15, 0.2) is 11.6 Å². The van der Waals surface area contributed by atoms with Crippen molar-refractivity contribution in [1.82, 2.24) is 9.97 Å². The van der Waals surface area contributed by atoms with E-state index in [2.05, 4.69) is 29.1 Å². The molecular formula is C10H17FN4. The van der Waals surface area contributed by atoms with Crippen LogP contribution in [-0.2, 0) is 0 Å². The van der Waals surface area contributed by atoms with Gasteiger partial charge in [0.2, 0.25) is 5.95 Å². The van der Waals surface area contributed by atoms with Crippen molar-refractivity contribution in [3.8, 4) is 0 Å². The quantitative estimate of drug-likeness (QED) is 0.825. The first-order valence-electron chi connectivity index (χ1n) is 4.96. The molecule has 0 bridgehead atoms. The molecule has 1 N–H and O–H groups in total. The average Bonchev–Trinajstić information content (AvgIpc) is 2.17. The van der Waals surface area contributed by atoms with Gasteiger partial charge in [-0.25, -0.2) is 9.37 Å². The van der Waals surface area contributed by atoms with E-state index in [4.69, 9.17) is 0 Å². The Morgan fingerprint density at radius 1 is 1.53 bits per heavy atom. The molecule has 0 saturated heterocycles. The third-order valence-electron chi connectivity index (χ3n) is 1.95. The molecule has 0 radical (unpaired) electrons. The predicted octanol–water partition coefficient (Wildman–Crippen LogP) is 1.75. The molecule has 15 heavy (non-hydrogen) atoms. The number of aromatic nitrogens is 2. The lowest BCUT2D eigenvalue weighted by Crippen LogP contribution is -2.25. The minimum absolute atomic E-state index is 0.336. The zero-order valence-electron chi connectivity index (χ0n) is 9.58. The molecule has 0 aliphatic rings. The number of hydrogen-bond acceptors (Lipinski definition) is 4. The lowest BCUT2D eigenvalue weighted by atomic mass is 10.2. The van der Waals surface area contributed by atoms with Crippen LogP contribution < -0.4 is 10.2 Å². The minimum Gasteiger partial charge on any atom is -0.357 e. The molecule has 84 valence electrons. The van der Waals surface area contributed by atoms with Gasteiger partial charge in [-0.15, -0.1) is 0 Å². The van der Waals surface area contributed by atoms with Crippen LogP contribution in [0.25, 0.3) is 0 Å². The molecule has 0 aliphatic carbocycles. The molecule has 0 saturated carbocycles. The first-order chi connectivity index (χ1) is 7.04. The molecule has 4 nitrogen and oxygen atoms in total. The van der Waals surface area contributed by atoms with Crippen LogP contribution in [0.4, 0.5) is 16.2 Å². The van der Waals surface area contributed by atoms with Crippen LogP contribution >= 0.6 is 0 Å². The Morgan fingerprint density at radius 2 is 2.20 bits per heavy atom. The summed E-state index contributed by atoms with van der Waals surface area (Å²) in [5.41, 5.74) is 0. The van der Waals surface area contributed by atoms with Crippen molar-refractivity contribution in [2.75, 3.05) is 30.9 Å². The maximum absolute atomic E-state index is 13.4. The maximum atomic E-state index is 13.4. The highest BCUT2D eigenvalue weighted by atomic mass is 19.1. The van der Waals surface area contributed by atoms with E-state index in [1.807, 2.05) is 7.05 Å². The Bertz CT molecular complexity index is 327. The van der Waals surface area contributed by atoms with Crippen LogP contribution in [0.3, 0.4) is 0 Å². The summed E-state index contributed by atoms with van der Waals surface area (Å²) in [4.78, 5) is 9.66. The Morgan fingerprint density at radius 3 is 2.73 bits per heavy atom. The van der Waals surface area contributed by atoms with Gasteiger partial charge in [0.25, 0.3) is 0 Å². The molecule has 1 aromatic rings. The summed E-state index contributed by atoms with van der Waals surface area (Å²) in [6.45, 7) is 4.92. The summed E-state index contributed by atoms with van der Waals surface area (Å²) in [6.07, 6.45) is 1.19. The van der Waals surface area contributed by atoms with Crippen LogP contribution in [-0.4, -0.2) is 30.6 Å². The second-order valence-corrected chi connectivity index (χ2v) is 3.89. The summed E-state index contributed by atoms with van der Waals surface area (Å²) >= 11 is 0. The molecule has 0 aliphatic heterocycles. The van der Waals surface area contributed by atoms with E-state index in [-0.39, 0.29) is 0 Å². The molecule has 0 amide bonds. The first kappa shape index (κ1) is 11.7. The van der Waals surface area contributed by atoms with Crippen molar-refractivity contribution < 1.29 is 4.39 Å². The van der Waals surface area contributed by atoms with E-state index in [9.17, 15) is 4.39 Å². The Kier molecular flexibility index (Phi) is 3.82. The van der Waals surface area contributed by atoms with Crippen molar-refractivity contribution in [2.45, 2.75) is 13.8 Å². The van der Waals surface area contributed by atoms with Gasteiger partial charge in [-0.3, -0.25) is 0 Å². The molecular weight excluding hydrogens is 195 g/mol. The summed E-state index contributed by atoms with van der Waals surface area (Å²) in [5.74, 6) is 0.838. The largest absolute Gasteiger partial charge is 0.357 e. The Labute approximate surface area is 89.5 Å². The van der Waals surface area contributed by atoms with Gasteiger partial charge in [-0.1, -0.05) is 13.8 Å². The smallest absolute Gasteiger partial charge is 0.224 e. The standard InChI is InChI=1S/C10H17FN4/c1-7(2)6-15(4)9-8(11)5-13-10(12-3)14-9/h5,7H,6H2,1-4H3,(H,12,13,14). The zero-order valence-corrected chi connectivity index (χ0v) is 9.58. The van der Waals surface area contributed by atoms with E-state index in [0.29, 0.717) is 17.7 Å². The first-order valence-corrected chi connectivity index (χ1v) is 4.96. The molecule has 5 heteroatoms. The third-order valence-corrected chi connectivity index (χ3v) is 1.95. The number of nitrogens with one attached hydrogen (secondary N) is 1. The van der Waals surface area contributed by atoms with Gasteiger partial charge in [-0.05, 0) is 5.92 Å². The monoisotopic (exact) mass is 212 g/mol. The highest BCUT2D eigenvalue weighted by molar-refractivity contribution is 5.42. The topological polar surface area (TPSA) is 41.1 Å². The number of anilines is 2. The fourth-order valence-electron chi connectivity index (χ4n) is 1.38. The van der Waals surface area contributed by atoms with E-state index < -0.39 is 5.82 Å². The normalized spacial score (nSPS) is 10.5. The number of hydrogen-bond donors (Lipinski definition) is 1. The van der Waals surface area contributed by atoms with Crippen LogP contribution in [0.2, 0.25) is 0 Å². The van der Waals surface area contributed by atoms with Crippen LogP contribution in [0.5, 0.6) is 0 Å². The average molecular weight is 212 g/mol. The van der Waals surface area contributed by atoms with Crippen LogP contribution in [0.15, 0.2) is 6.20 Å². The van der Waals surface area contributed by atoms with Gasteiger partial charge < -0.3 is 10.2 Å². The molecule has 1 heterocycles. The number of rotatable bonds is 4. The van der Waals surface area contributed by atoms with Gasteiger partial charge in [0, 0.05) is 20.6 Å². The molecule has 0 spiro atoms. The second-order valence-electron chi connectivity index (χ2n) is 3.89. The number of nitrogens with zero attached hydrogens (tertiary/aromatic N) is 3. The van der Waals surface area contributed by atoms with E-state index in [0.717, 1.165) is 6.54 Å². The zero-order chi connectivity index (χ0) is 11.4. The third kappa shape index (κ3) is 3.04. The van der Waals surface area contributed by atoms with Gasteiger partial charge in [0.1, 0.15) is 0 Å². The summed E-state index contributed by atoms with van der Waals surface area (Å²) in [5, 5.41) is 2.79. The minimum atomic E-state index is -0.392. The van der Waals surface area contributed by atoms with Crippen molar-refractivity contribution in [3.63, 3.8) is 0 Å². The van der Waals surface area contributed by atoms with Gasteiger partial charge >= 0.3 is 0 Å². The molecule has 0 atom stereocenters. The Hall–Kier alpha value is -1.39. The van der Waals surface area contributed by atoms with Gasteiger partial charge in [-0.2, -0.15) is 4.98 Å². The highest BCUT2D eigenvalue weighted by Crippen LogP contribution is 2.16. The molecule has 1 aromatic heterocycles. The predicted molar refractivity (Wildman–Crippen MR) is 59.6 cm³/mol.